The van der Waals surface area contributed by atoms with Crippen LogP contribution in [0.25, 0.3) is 22.0 Å². The zero-order valence-corrected chi connectivity index (χ0v) is 25.2. The number of carboxylic acid groups (broad SMARTS) is 1. The molecule has 4 aromatic rings. The van der Waals surface area contributed by atoms with Gasteiger partial charge in [-0.3, -0.25) is 14.4 Å². The lowest BCUT2D eigenvalue weighted by Crippen LogP contribution is -2.23. The minimum Gasteiger partial charge on any atom is -0.495 e. The zero-order valence-electron chi connectivity index (χ0n) is 24.5. The van der Waals surface area contributed by atoms with Gasteiger partial charge in [0.1, 0.15) is 11.4 Å². The lowest BCUT2D eigenvalue weighted by Gasteiger charge is -2.18. The Labute approximate surface area is 249 Å². The summed E-state index contributed by atoms with van der Waals surface area (Å²) in [6.45, 7) is 7.98. The molecule has 42 heavy (non-hydrogen) atoms. The molecule has 0 spiro atoms. The number of carbonyl (C=O) groups excluding carboxylic acids is 2. The molecule has 0 fully saturated rings. The van der Waals surface area contributed by atoms with Gasteiger partial charge in [-0.05, 0) is 68.3 Å². The van der Waals surface area contributed by atoms with Crippen molar-refractivity contribution in [2.45, 2.75) is 40.2 Å². The van der Waals surface area contributed by atoms with Crippen molar-refractivity contribution in [3.05, 3.63) is 81.4 Å². The van der Waals surface area contributed by atoms with Crippen molar-refractivity contribution in [1.29, 1.82) is 0 Å². The van der Waals surface area contributed by atoms with Gasteiger partial charge in [0.05, 0.1) is 13.3 Å². The first-order valence-electron chi connectivity index (χ1n) is 13.3. The van der Waals surface area contributed by atoms with Crippen molar-refractivity contribution >= 4 is 46.4 Å². The molecule has 0 radical (unpaired) electrons. The number of pyridine rings is 1. The number of nitrogens with one attached hydrogen (secondary N) is 2. The first-order valence-corrected chi connectivity index (χ1v) is 13.6. The van der Waals surface area contributed by atoms with Gasteiger partial charge in [-0.1, -0.05) is 25.4 Å². The van der Waals surface area contributed by atoms with Crippen LogP contribution in [0, 0.1) is 0 Å². The van der Waals surface area contributed by atoms with Gasteiger partial charge >= 0.3 is 5.97 Å². The number of carboxylic acids is 1. The number of rotatable bonds is 10. The highest BCUT2D eigenvalue weighted by atomic mass is 35.5. The number of methoxy groups -OCH3 is 2. The number of aromatic carboxylic acids is 1. The lowest BCUT2D eigenvalue weighted by molar-refractivity contribution is -0.105. The van der Waals surface area contributed by atoms with Crippen molar-refractivity contribution in [2.24, 2.45) is 0 Å². The predicted molar refractivity (Wildman–Crippen MR) is 165 cm³/mol. The van der Waals surface area contributed by atoms with E-state index >= 15 is 0 Å². The second-order valence-corrected chi connectivity index (χ2v) is 9.37. The van der Waals surface area contributed by atoms with Crippen molar-refractivity contribution in [2.75, 3.05) is 26.1 Å². The third-order valence-electron chi connectivity index (χ3n) is 6.21. The van der Waals surface area contributed by atoms with E-state index in [2.05, 4.69) is 10.3 Å². The molecule has 0 bridgehead atoms. The number of carbonyl (C=O) groups is 3. The fourth-order valence-corrected chi connectivity index (χ4v) is 4.30. The molecule has 224 valence electrons. The maximum Gasteiger partial charge on any atom is 0.352 e. The van der Waals surface area contributed by atoms with E-state index in [1.807, 2.05) is 20.8 Å². The third kappa shape index (κ3) is 8.55. The van der Waals surface area contributed by atoms with E-state index in [1.165, 1.54) is 26.2 Å². The molecule has 0 aliphatic rings. The summed E-state index contributed by atoms with van der Waals surface area (Å²) in [7, 11) is 3.16. The molecule has 0 aliphatic carbocycles. The summed E-state index contributed by atoms with van der Waals surface area (Å²) in [5.41, 5.74) is 2.95. The number of anilines is 1. The van der Waals surface area contributed by atoms with E-state index in [1.54, 1.807) is 54.3 Å². The average Bonchev–Trinajstić information content (AvgIpc) is 3.41. The number of halogens is 1. The number of H-pyrrole nitrogens is 1. The smallest absolute Gasteiger partial charge is 0.352 e. The normalized spacial score (nSPS) is 10.9. The number of benzene rings is 2. The van der Waals surface area contributed by atoms with Crippen molar-refractivity contribution in [3.8, 4) is 16.9 Å². The Morgan fingerprint density at radius 2 is 1.81 bits per heavy atom. The zero-order chi connectivity index (χ0) is 31.4. The summed E-state index contributed by atoms with van der Waals surface area (Å²) < 4.78 is 12.2. The van der Waals surface area contributed by atoms with Gasteiger partial charge in [0, 0.05) is 58.6 Å². The second kappa shape index (κ2) is 16.1. The van der Waals surface area contributed by atoms with E-state index in [0.29, 0.717) is 52.6 Å². The number of aromatic nitrogens is 2. The number of hydrogen-bond donors (Lipinski definition) is 3. The molecular weight excluding hydrogens is 562 g/mol. The fourth-order valence-electron chi connectivity index (χ4n) is 4.13. The van der Waals surface area contributed by atoms with Crippen LogP contribution in [-0.4, -0.2) is 53.6 Å². The molecule has 1 unspecified atom stereocenters. The Balaban J connectivity index is 0.000000308. The largest absolute Gasteiger partial charge is 0.495 e. The molecule has 2 aromatic heterocycles. The van der Waals surface area contributed by atoms with Crippen LogP contribution in [0.1, 0.15) is 61.0 Å². The van der Waals surface area contributed by atoms with Crippen molar-refractivity contribution in [1.82, 2.24) is 9.55 Å². The molecule has 0 aliphatic heterocycles. The lowest BCUT2D eigenvalue weighted by atomic mass is 9.97. The van der Waals surface area contributed by atoms with E-state index in [9.17, 15) is 19.2 Å². The Kier molecular flexibility index (Phi) is 13.0. The molecule has 0 saturated carbocycles. The predicted octanol–water partition coefficient (Wildman–Crippen LogP) is 6.44. The van der Waals surface area contributed by atoms with Crippen LogP contribution in [0.2, 0.25) is 5.02 Å². The Bertz CT molecular complexity index is 1590. The summed E-state index contributed by atoms with van der Waals surface area (Å²) in [5, 5.41) is 12.5. The molecule has 10 nitrogen and oxygen atoms in total. The van der Waals surface area contributed by atoms with Crippen LogP contribution >= 0.6 is 11.6 Å². The van der Waals surface area contributed by atoms with Gasteiger partial charge in [-0.2, -0.15) is 0 Å². The first kappa shape index (κ1) is 33.8. The maximum absolute atomic E-state index is 12.6. The van der Waals surface area contributed by atoms with Crippen LogP contribution in [0.15, 0.2) is 59.5 Å². The van der Waals surface area contributed by atoms with Gasteiger partial charge in [0.2, 0.25) is 6.41 Å². The molecule has 4 rings (SSSR count). The molecule has 3 N–H and O–H groups in total. The minimum atomic E-state index is -1.00. The number of Topliss-reactive ketones (excluding diaryl/α,β-unsaturated/α-hetero) is 1. The molecule has 1 amide bonds. The van der Waals surface area contributed by atoms with Gasteiger partial charge in [-0.15, -0.1) is 0 Å². The number of nitrogens with zero attached hydrogens (tertiary/aromatic N) is 1. The van der Waals surface area contributed by atoms with E-state index in [4.69, 9.17) is 26.2 Å². The third-order valence-corrected chi connectivity index (χ3v) is 6.44. The standard InChI is InChI=1S/C19H22ClNO4.C10H8N2O3.C2H6/c1-12(7-8-24-3)21-11-18(25-4)17(10-19(21)23)16-9-14(20)5-6-15(16)13(2)22;13-5-11-7-1-2-8-6(3-7)4-9(12-8)10(14)15;1-2/h5-6,9-12H,7-8H2,1-4H3;1-5,12H,(H,11,13)(H,14,15);1-2H3. The molecule has 0 saturated heterocycles. The highest BCUT2D eigenvalue weighted by molar-refractivity contribution is 6.31. The Morgan fingerprint density at radius 1 is 1.10 bits per heavy atom. The maximum atomic E-state index is 12.6. The fraction of sp³-hybridized carbons (Fsp3) is 0.290. The van der Waals surface area contributed by atoms with E-state index < -0.39 is 5.97 Å². The summed E-state index contributed by atoms with van der Waals surface area (Å²) in [6, 6.07) is 13.1. The van der Waals surface area contributed by atoms with E-state index in [0.717, 1.165) is 10.9 Å². The van der Waals surface area contributed by atoms with Crippen LogP contribution in [-0.2, 0) is 9.53 Å². The van der Waals surface area contributed by atoms with Crippen molar-refractivity contribution < 1.29 is 29.0 Å². The number of ketones is 1. The van der Waals surface area contributed by atoms with Gasteiger partial charge in [0.15, 0.2) is 5.78 Å². The Hall–Kier alpha value is -4.41. The molecule has 2 heterocycles. The van der Waals surface area contributed by atoms with Crippen LogP contribution in [0.4, 0.5) is 5.69 Å². The monoisotopic (exact) mass is 597 g/mol. The quantitative estimate of drug-likeness (QED) is 0.141. The van der Waals surface area contributed by atoms with Crippen LogP contribution in [0.3, 0.4) is 0 Å². The highest BCUT2D eigenvalue weighted by Crippen LogP contribution is 2.34. The summed E-state index contributed by atoms with van der Waals surface area (Å²) in [4.78, 5) is 48.2. The topological polar surface area (TPSA) is 140 Å². The van der Waals surface area contributed by atoms with Gasteiger partial charge in [0.25, 0.3) is 5.56 Å². The minimum absolute atomic E-state index is 0.0398. The molecular formula is C31H36ClN3O7. The second-order valence-electron chi connectivity index (χ2n) is 8.93. The molecule has 11 heteroatoms. The van der Waals surface area contributed by atoms with Crippen LogP contribution < -0.4 is 15.6 Å². The molecule has 2 aromatic carbocycles. The van der Waals surface area contributed by atoms with Crippen molar-refractivity contribution in [3.63, 3.8) is 0 Å². The SMILES string of the molecule is CC.COCCC(C)n1cc(OC)c(-c2cc(Cl)ccc2C(C)=O)cc1=O.O=CNc1ccc2[nH]c(C(=O)O)cc2c1. The van der Waals surface area contributed by atoms with Gasteiger partial charge < -0.3 is 29.4 Å². The number of amides is 1. The summed E-state index contributed by atoms with van der Waals surface area (Å²) in [5.74, 6) is -0.601. The molecule has 1 atom stereocenters. The van der Waals surface area contributed by atoms with E-state index in [-0.39, 0.29) is 23.1 Å². The number of hydrogen-bond acceptors (Lipinski definition) is 6. The number of fused-ring (bicyclic) bond motifs is 1. The number of ether oxygens (including phenoxy) is 2. The number of aromatic amines is 1. The first-order chi connectivity index (χ1) is 20.1. The van der Waals surface area contributed by atoms with Crippen LogP contribution in [0.5, 0.6) is 5.75 Å². The average molecular weight is 598 g/mol. The summed E-state index contributed by atoms with van der Waals surface area (Å²) in [6.07, 6.45) is 2.95. The summed E-state index contributed by atoms with van der Waals surface area (Å²) >= 11 is 6.10. The van der Waals surface area contributed by atoms with Gasteiger partial charge in [-0.25, -0.2) is 4.79 Å². The highest BCUT2D eigenvalue weighted by Gasteiger charge is 2.18. The Morgan fingerprint density at radius 3 is 2.40 bits per heavy atom.